The van der Waals surface area contributed by atoms with Gasteiger partial charge in [-0.15, -0.1) is 0 Å². The Morgan fingerprint density at radius 1 is 0.800 bits per heavy atom. The molecule has 0 aliphatic heterocycles. The van der Waals surface area contributed by atoms with Gasteiger partial charge in [0.2, 0.25) is 0 Å². The third-order valence-corrected chi connectivity index (χ3v) is 6.29. The van der Waals surface area contributed by atoms with Gasteiger partial charge in [-0.2, -0.15) is 0 Å². The highest BCUT2D eigenvalue weighted by Crippen LogP contribution is 2.28. The molecule has 40 heavy (non-hydrogen) atoms. The number of carbonyl (C=O) groups excluding carboxylic acids is 1. The number of nitrogens with zero attached hydrogens (tertiary/aromatic N) is 3. The van der Waals surface area contributed by atoms with Crippen LogP contribution in [0.3, 0.4) is 0 Å². The molecule has 0 radical (unpaired) electrons. The summed E-state index contributed by atoms with van der Waals surface area (Å²) in [6.45, 7) is 0. The number of nitrogens with two attached hydrogens (primary N) is 2. The summed E-state index contributed by atoms with van der Waals surface area (Å²) in [4.78, 5) is 23.2. The highest BCUT2D eigenvalue weighted by molar-refractivity contribution is 5.92. The summed E-state index contributed by atoms with van der Waals surface area (Å²) in [5, 5.41) is 5.04. The lowest BCUT2D eigenvalue weighted by atomic mass is 10.2. The quantitative estimate of drug-likeness (QED) is 0.210. The average Bonchev–Trinajstić information content (AvgIpc) is 3.45. The predicted octanol–water partition coefficient (Wildman–Crippen LogP) is 6.07. The summed E-state index contributed by atoms with van der Waals surface area (Å²) in [5.41, 5.74) is 13.2. The van der Waals surface area contributed by atoms with Gasteiger partial charge >= 0.3 is 6.03 Å². The zero-order valence-corrected chi connectivity index (χ0v) is 21.5. The standard InChI is InChI=1S/C17H16N4O2.C13H11N3O/c18-16-10-14(5-7-19-16)23-13-3-4-15-11(9-13)6-8-21(15)17(22)20-12-1-2-12;14-13-8-11(4-6-16-13)17-10-1-2-12-9(7-10)3-5-15-12/h3-10,12H,1-2H2,(H2,18,19)(H,20,22);1-8,15H,(H2,14,16). The molecule has 0 saturated heterocycles. The van der Waals surface area contributed by atoms with Crippen molar-refractivity contribution in [1.29, 1.82) is 0 Å². The SMILES string of the molecule is Nc1cc(Oc2ccc3[nH]ccc3c2)ccn1.Nc1cc(Oc2ccc3c(ccn3C(=O)NC3CC3)c2)ccn1. The number of H-pyrrole nitrogens is 1. The topological polar surface area (TPSA) is 146 Å². The van der Waals surface area contributed by atoms with Crippen LogP contribution in [0, 0.1) is 0 Å². The second-order valence-electron chi connectivity index (χ2n) is 9.39. The van der Waals surface area contributed by atoms with Crippen molar-refractivity contribution in [1.82, 2.24) is 24.8 Å². The van der Waals surface area contributed by atoms with Gasteiger partial charge in [-0.05, 0) is 73.5 Å². The van der Waals surface area contributed by atoms with Crippen LogP contribution in [0.1, 0.15) is 12.8 Å². The van der Waals surface area contributed by atoms with Crippen molar-refractivity contribution in [3.63, 3.8) is 0 Å². The maximum Gasteiger partial charge on any atom is 0.326 e. The number of benzene rings is 2. The Hall–Kier alpha value is -5.51. The van der Waals surface area contributed by atoms with E-state index < -0.39 is 0 Å². The molecule has 10 heteroatoms. The third kappa shape index (κ3) is 5.81. The van der Waals surface area contributed by atoms with Gasteiger partial charge in [0.25, 0.3) is 0 Å². The van der Waals surface area contributed by atoms with E-state index in [1.165, 1.54) is 0 Å². The number of aromatic nitrogens is 4. The smallest absolute Gasteiger partial charge is 0.326 e. The molecule has 0 spiro atoms. The molecule has 7 rings (SSSR count). The molecule has 1 saturated carbocycles. The number of carbonyl (C=O) groups is 1. The van der Waals surface area contributed by atoms with Crippen molar-refractivity contribution in [2.45, 2.75) is 18.9 Å². The summed E-state index contributed by atoms with van der Waals surface area (Å²) >= 11 is 0. The lowest BCUT2D eigenvalue weighted by Gasteiger charge is -2.08. The van der Waals surface area contributed by atoms with E-state index in [9.17, 15) is 4.79 Å². The van der Waals surface area contributed by atoms with Crippen LogP contribution in [0.2, 0.25) is 0 Å². The number of amides is 1. The molecule has 0 unspecified atom stereocenters. The molecule has 6 aromatic rings. The van der Waals surface area contributed by atoms with Crippen LogP contribution in [-0.4, -0.2) is 31.6 Å². The Morgan fingerprint density at radius 3 is 2.08 bits per heavy atom. The van der Waals surface area contributed by atoms with Crippen molar-refractivity contribution in [3.05, 3.63) is 97.6 Å². The Kier molecular flexibility index (Phi) is 6.63. The summed E-state index contributed by atoms with van der Waals surface area (Å²) in [5.74, 6) is 3.64. The number of anilines is 2. The first kappa shape index (κ1) is 24.8. The summed E-state index contributed by atoms with van der Waals surface area (Å²) < 4.78 is 13.1. The largest absolute Gasteiger partial charge is 0.457 e. The van der Waals surface area contributed by atoms with E-state index in [4.69, 9.17) is 20.9 Å². The zero-order valence-electron chi connectivity index (χ0n) is 21.5. The van der Waals surface area contributed by atoms with Crippen molar-refractivity contribution in [2.75, 3.05) is 11.5 Å². The molecule has 4 aromatic heterocycles. The van der Waals surface area contributed by atoms with E-state index in [-0.39, 0.29) is 6.03 Å². The van der Waals surface area contributed by atoms with Crippen LogP contribution >= 0.6 is 0 Å². The normalized spacial score (nSPS) is 12.5. The monoisotopic (exact) mass is 533 g/mol. The Bertz CT molecular complexity index is 1810. The fourth-order valence-electron chi connectivity index (χ4n) is 4.18. The summed E-state index contributed by atoms with van der Waals surface area (Å²) in [7, 11) is 0. The molecule has 1 aliphatic carbocycles. The molecule has 0 bridgehead atoms. The fraction of sp³-hybridized carbons (Fsp3) is 0.100. The Morgan fingerprint density at radius 2 is 1.43 bits per heavy atom. The Balaban J connectivity index is 0.000000151. The minimum atomic E-state index is -0.0851. The highest BCUT2D eigenvalue weighted by atomic mass is 16.5. The Labute approximate surface area is 229 Å². The van der Waals surface area contributed by atoms with Gasteiger partial charge < -0.3 is 31.2 Å². The first-order valence-electron chi connectivity index (χ1n) is 12.8. The van der Waals surface area contributed by atoms with Gasteiger partial charge in [0.05, 0.1) is 5.52 Å². The van der Waals surface area contributed by atoms with Crippen molar-refractivity contribution < 1.29 is 14.3 Å². The number of hydrogen-bond acceptors (Lipinski definition) is 7. The van der Waals surface area contributed by atoms with Crippen LogP contribution in [0.5, 0.6) is 23.0 Å². The van der Waals surface area contributed by atoms with Gasteiger partial charge in [0.1, 0.15) is 34.6 Å². The maximum absolute atomic E-state index is 12.2. The first-order valence-corrected chi connectivity index (χ1v) is 12.8. The lowest BCUT2D eigenvalue weighted by Crippen LogP contribution is -2.29. The second kappa shape index (κ2) is 10.7. The second-order valence-corrected chi connectivity index (χ2v) is 9.39. The molecule has 4 heterocycles. The van der Waals surface area contributed by atoms with E-state index in [1.807, 2.05) is 54.7 Å². The molecule has 200 valence electrons. The van der Waals surface area contributed by atoms with Crippen LogP contribution < -0.4 is 26.3 Å². The van der Waals surface area contributed by atoms with Crippen LogP contribution in [-0.2, 0) is 0 Å². The van der Waals surface area contributed by atoms with Crippen LogP contribution in [0.4, 0.5) is 16.4 Å². The van der Waals surface area contributed by atoms with E-state index >= 15 is 0 Å². The molecular formula is C30H27N7O3. The minimum Gasteiger partial charge on any atom is -0.457 e. The zero-order chi connectivity index (χ0) is 27.5. The van der Waals surface area contributed by atoms with E-state index in [0.717, 1.165) is 40.4 Å². The van der Waals surface area contributed by atoms with E-state index in [0.29, 0.717) is 34.9 Å². The highest BCUT2D eigenvalue weighted by Gasteiger charge is 2.24. The van der Waals surface area contributed by atoms with Gasteiger partial charge in [0, 0.05) is 59.3 Å². The molecule has 10 nitrogen and oxygen atoms in total. The molecule has 1 amide bonds. The lowest BCUT2D eigenvalue weighted by molar-refractivity contribution is 0.243. The molecule has 1 fully saturated rings. The van der Waals surface area contributed by atoms with Crippen LogP contribution in [0.15, 0.2) is 97.6 Å². The van der Waals surface area contributed by atoms with Crippen LogP contribution in [0.25, 0.3) is 21.8 Å². The number of pyridine rings is 2. The first-order chi connectivity index (χ1) is 19.5. The molecule has 6 N–H and O–H groups in total. The van der Waals surface area contributed by atoms with E-state index in [1.54, 1.807) is 47.4 Å². The minimum absolute atomic E-state index is 0.0851. The molecule has 1 aliphatic rings. The number of ether oxygens (including phenoxy) is 2. The van der Waals surface area contributed by atoms with Gasteiger partial charge in [-0.1, -0.05) is 0 Å². The maximum atomic E-state index is 12.2. The van der Waals surface area contributed by atoms with Crippen molar-refractivity contribution >= 4 is 39.5 Å². The van der Waals surface area contributed by atoms with Gasteiger partial charge in [0.15, 0.2) is 0 Å². The number of aromatic amines is 1. The third-order valence-electron chi connectivity index (χ3n) is 6.29. The number of nitrogens with one attached hydrogen (secondary N) is 2. The van der Waals surface area contributed by atoms with E-state index in [2.05, 4.69) is 20.3 Å². The van der Waals surface area contributed by atoms with Gasteiger partial charge in [-0.3, -0.25) is 4.57 Å². The molecule has 2 aromatic carbocycles. The predicted molar refractivity (Wildman–Crippen MR) is 155 cm³/mol. The number of nitrogen functional groups attached to an aromatic ring is 2. The van der Waals surface area contributed by atoms with Crippen molar-refractivity contribution in [2.24, 2.45) is 0 Å². The summed E-state index contributed by atoms with van der Waals surface area (Å²) in [6.07, 6.45) is 9.03. The molecular weight excluding hydrogens is 506 g/mol. The number of rotatable bonds is 5. The van der Waals surface area contributed by atoms with Crippen molar-refractivity contribution in [3.8, 4) is 23.0 Å². The fourth-order valence-corrected chi connectivity index (χ4v) is 4.18. The van der Waals surface area contributed by atoms with Gasteiger partial charge in [-0.25, -0.2) is 14.8 Å². The average molecular weight is 534 g/mol. The summed E-state index contributed by atoms with van der Waals surface area (Å²) in [6, 6.07) is 22.5. The number of fused-ring (bicyclic) bond motifs is 2. The molecule has 0 atom stereocenters. The number of hydrogen-bond donors (Lipinski definition) is 4.